The summed E-state index contributed by atoms with van der Waals surface area (Å²) in [5.74, 6) is 0.820. The van der Waals surface area contributed by atoms with E-state index < -0.39 is 0 Å². The first-order valence-electron chi connectivity index (χ1n) is 5.60. The Morgan fingerprint density at radius 1 is 1.39 bits per heavy atom. The number of nitrogens with zero attached hydrogens (tertiary/aromatic N) is 4. The van der Waals surface area contributed by atoms with Gasteiger partial charge in [0.2, 0.25) is 0 Å². The quantitative estimate of drug-likeness (QED) is 0.824. The predicted molar refractivity (Wildman–Crippen MR) is 66.0 cm³/mol. The largest absolute Gasteiger partial charge is 0.487 e. The maximum absolute atomic E-state index is 8.91. The average molecular weight is 242 g/mol. The molecule has 0 bridgehead atoms. The van der Waals surface area contributed by atoms with Gasteiger partial charge in [-0.05, 0) is 31.0 Å². The normalized spacial score (nSPS) is 10.1. The van der Waals surface area contributed by atoms with E-state index in [0.29, 0.717) is 11.4 Å². The van der Waals surface area contributed by atoms with E-state index in [9.17, 15) is 0 Å². The maximum Gasteiger partial charge on any atom is 0.189 e. The highest BCUT2D eigenvalue weighted by Crippen LogP contribution is 2.20. The molecule has 0 aliphatic carbocycles. The highest BCUT2D eigenvalue weighted by molar-refractivity contribution is 5.36. The van der Waals surface area contributed by atoms with Crippen LogP contribution in [-0.2, 0) is 13.7 Å². The topological polar surface area (TPSA) is 63.7 Å². The van der Waals surface area contributed by atoms with Crippen molar-refractivity contribution in [1.82, 2.24) is 15.0 Å². The van der Waals surface area contributed by atoms with E-state index in [4.69, 9.17) is 10.00 Å². The predicted octanol–water partition coefficient (Wildman–Crippen LogP) is 1.88. The van der Waals surface area contributed by atoms with Crippen LogP contribution in [0.2, 0.25) is 0 Å². The summed E-state index contributed by atoms with van der Waals surface area (Å²) in [6.45, 7) is 4.29. The van der Waals surface area contributed by atoms with Crippen LogP contribution in [-0.4, -0.2) is 15.0 Å². The lowest BCUT2D eigenvalue weighted by molar-refractivity contribution is 0.292. The van der Waals surface area contributed by atoms with Gasteiger partial charge < -0.3 is 4.74 Å². The number of aromatic nitrogens is 3. The molecular weight excluding hydrogens is 228 g/mol. The van der Waals surface area contributed by atoms with Crippen molar-refractivity contribution in [2.45, 2.75) is 20.5 Å². The van der Waals surface area contributed by atoms with E-state index in [1.54, 1.807) is 11.7 Å². The van der Waals surface area contributed by atoms with Crippen LogP contribution in [0.5, 0.6) is 5.75 Å². The van der Waals surface area contributed by atoms with Crippen molar-refractivity contribution >= 4 is 0 Å². The molecule has 0 amide bonds. The number of ether oxygens (including phenoxy) is 1. The molecule has 1 aromatic heterocycles. The highest BCUT2D eigenvalue weighted by atomic mass is 16.5. The van der Waals surface area contributed by atoms with E-state index in [-0.39, 0.29) is 6.61 Å². The molecule has 0 radical (unpaired) electrons. The van der Waals surface area contributed by atoms with Crippen LogP contribution in [0.1, 0.15) is 22.5 Å². The molecular formula is C13H14N4O. The average Bonchev–Trinajstić information content (AvgIpc) is 2.71. The monoisotopic (exact) mass is 242 g/mol. The fourth-order valence-electron chi connectivity index (χ4n) is 1.63. The van der Waals surface area contributed by atoms with E-state index in [1.807, 2.05) is 38.1 Å². The second-order valence-electron chi connectivity index (χ2n) is 4.18. The molecule has 0 spiro atoms. The highest BCUT2D eigenvalue weighted by Gasteiger charge is 2.11. The van der Waals surface area contributed by atoms with Crippen LogP contribution in [0, 0.1) is 25.2 Å². The number of aryl methyl sites for hydroxylation is 3. The molecule has 1 aromatic carbocycles. The number of hydrogen-bond donors (Lipinski definition) is 0. The van der Waals surface area contributed by atoms with Crippen LogP contribution >= 0.6 is 0 Å². The molecule has 1 heterocycles. The van der Waals surface area contributed by atoms with Gasteiger partial charge in [-0.1, -0.05) is 17.3 Å². The molecule has 18 heavy (non-hydrogen) atoms. The second kappa shape index (κ2) is 4.88. The summed E-state index contributed by atoms with van der Waals surface area (Å²) in [7, 11) is 1.75. The van der Waals surface area contributed by atoms with Crippen molar-refractivity contribution in [3.05, 3.63) is 40.7 Å². The summed E-state index contributed by atoms with van der Waals surface area (Å²) < 4.78 is 7.29. The first-order valence-corrected chi connectivity index (χ1v) is 5.60. The summed E-state index contributed by atoms with van der Waals surface area (Å²) in [5.41, 5.74) is 3.19. The molecule has 0 saturated carbocycles. The first kappa shape index (κ1) is 12.1. The number of nitriles is 1. The van der Waals surface area contributed by atoms with Crippen molar-refractivity contribution in [2.75, 3.05) is 0 Å². The van der Waals surface area contributed by atoms with Crippen molar-refractivity contribution in [3.63, 3.8) is 0 Å². The van der Waals surface area contributed by atoms with E-state index in [2.05, 4.69) is 10.3 Å². The summed E-state index contributed by atoms with van der Waals surface area (Å²) in [4.78, 5) is 0. The number of rotatable bonds is 3. The second-order valence-corrected chi connectivity index (χ2v) is 4.18. The lowest BCUT2D eigenvalue weighted by atomic mass is 10.1. The van der Waals surface area contributed by atoms with Gasteiger partial charge in [0.05, 0.1) is 0 Å². The SMILES string of the molecule is Cc1ccc(C)c(OCc2c(C#N)nnn2C)c1. The van der Waals surface area contributed by atoms with Gasteiger partial charge in [-0.3, -0.25) is 0 Å². The third-order valence-electron chi connectivity index (χ3n) is 2.76. The summed E-state index contributed by atoms with van der Waals surface area (Å²) in [6.07, 6.45) is 0. The van der Waals surface area contributed by atoms with Gasteiger partial charge in [-0.2, -0.15) is 5.26 Å². The zero-order valence-corrected chi connectivity index (χ0v) is 10.6. The smallest absolute Gasteiger partial charge is 0.189 e. The zero-order chi connectivity index (χ0) is 13.1. The molecule has 2 aromatic rings. The van der Waals surface area contributed by atoms with Crippen LogP contribution < -0.4 is 4.74 Å². The lowest BCUT2D eigenvalue weighted by Gasteiger charge is -2.09. The molecule has 0 aliphatic rings. The van der Waals surface area contributed by atoms with Crippen LogP contribution in [0.25, 0.3) is 0 Å². The minimum Gasteiger partial charge on any atom is -0.487 e. The Morgan fingerprint density at radius 3 is 2.89 bits per heavy atom. The molecule has 0 fully saturated rings. The molecule has 5 nitrogen and oxygen atoms in total. The van der Waals surface area contributed by atoms with E-state index >= 15 is 0 Å². The van der Waals surface area contributed by atoms with Gasteiger partial charge >= 0.3 is 0 Å². The van der Waals surface area contributed by atoms with Gasteiger partial charge in [0.25, 0.3) is 0 Å². The van der Waals surface area contributed by atoms with Gasteiger partial charge in [-0.25, -0.2) is 4.68 Å². The van der Waals surface area contributed by atoms with Gasteiger partial charge in [-0.15, -0.1) is 5.10 Å². The van der Waals surface area contributed by atoms with Gasteiger partial charge in [0.1, 0.15) is 24.1 Å². The van der Waals surface area contributed by atoms with Crippen LogP contribution in [0.4, 0.5) is 0 Å². The molecule has 5 heteroatoms. The molecule has 0 N–H and O–H groups in total. The van der Waals surface area contributed by atoms with Crippen LogP contribution in [0.15, 0.2) is 18.2 Å². The Labute approximate surface area is 106 Å². The van der Waals surface area contributed by atoms with Crippen molar-refractivity contribution in [2.24, 2.45) is 7.05 Å². The van der Waals surface area contributed by atoms with E-state index in [1.165, 1.54) is 0 Å². The van der Waals surface area contributed by atoms with Gasteiger partial charge in [0.15, 0.2) is 5.69 Å². The Balaban J connectivity index is 2.19. The molecule has 0 unspecified atom stereocenters. The minimum absolute atomic E-state index is 0.288. The third-order valence-corrected chi connectivity index (χ3v) is 2.76. The van der Waals surface area contributed by atoms with Crippen molar-refractivity contribution in [1.29, 1.82) is 5.26 Å². The molecule has 0 aliphatic heterocycles. The summed E-state index contributed by atoms with van der Waals surface area (Å²) >= 11 is 0. The maximum atomic E-state index is 8.91. The minimum atomic E-state index is 0.288. The Bertz CT molecular complexity index is 610. The fraction of sp³-hybridized carbons (Fsp3) is 0.308. The van der Waals surface area contributed by atoms with Crippen molar-refractivity contribution in [3.8, 4) is 11.8 Å². The Hall–Kier alpha value is -2.35. The molecule has 0 atom stereocenters. The first-order chi connectivity index (χ1) is 8.61. The Kier molecular flexibility index (Phi) is 3.28. The zero-order valence-electron chi connectivity index (χ0n) is 10.6. The van der Waals surface area contributed by atoms with E-state index in [0.717, 1.165) is 16.9 Å². The Morgan fingerprint density at radius 2 is 2.17 bits per heavy atom. The fourth-order valence-corrected chi connectivity index (χ4v) is 1.63. The standard InChI is InChI=1S/C13H14N4O/c1-9-4-5-10(2)13(6-9)18-8-12-11(7-14)15-16-17(12)3/h4-6H,8H2,1-3H3. The lowest BCUT2D eigenvalue weighted by Crippen LogP contribution is -2.05. The molecule has 2 rings (SSSR count). The van der Waals surface area contributed by atoms with Crippen LogP contribution in [0.3, 0.4) is 0 Å². The molecule has 0 saturated heterocycles. The number of benzene rings is 1. The third kappa shape index (κ3) is 2.33. The summed E-state index contributed by atoms with van der Waals surface area (Å²) in [5, 5.41) is 16.5. The molecule has 92 valence electrons. The number of hydrogen-bond acceptors (Lipinski definition) is 4. The van der Waals surface area contributed by atoms with Crippen molar-refractivity contribution < 1.29 is 4.74 Å². The summed E-state index contributed by atoms with van der Waals surface area (Å²) in [6, 6.07) is 8.03. The van der Waals surface area contributed by atoms with Gasteiger partial charge in [0, 0.05) is 7.05 Å².